The van der Waals surface area contributed by atoms with Gasteiger partial charge in [0.25, 0.3) is 0 Å². The van der Waals surface area contributed by atoms with Crippen molar-refractivity contribution < 1.29 is 28.9 Å². The highest BCUT2D eigenvalue weighted by atomic mass is 16.7. The Morgan fingerprint density at radius 2 is 2.09 bits per heavy atom. The molecule has 2 unspecified atom stereocenters. The summed E-state index contributed by atoms with van der Waals surface area (Å²) in [6.45, 7) is 1.19. The molecule has 0 bridgehead atoms. The van der Waals surface area contributed by atoms with Gasteiger partial charge in [0.2, 0.25) is 5.91 Å². The van der Waals surface area contributed by atoms with Crippen molar-refractivity contribution in [3.05, 3.63) is 30.6 Å². The topological polar surface area (TPSA) is 139 Å². The highest BCUT2D eigenvalue weighted by molar-refractivity contribution is 5.76. The Morgan fingerprint density at radius 1 is 1.22 bits per heavy atom. The van der Waals surface area contributed by atoms with E-state index in [-0.39, 0.29) is 19.3 Å². The molecule has 2 aromatic heterocycles. The molecule has 1 aliphatic rings. The van der Waals surface area contributed by atoms with E-state index in [2.05, 4.69) is 14.8 Å². The number of hydrogen-bond acceptors (Lipinski definition) is 7. The van der Waals surface area contributed by atoms with Crippen molar-refractivity contribution in [1.82, 2.24) is 14.8 Å². The van der Waals surface area contributed by atoms with Gasteiger partial charge in [-0.3, -0.25) is 9.78 Å². The van der Waals surface area contributed by atoms with E-state index in [9.17, 15) is 9.59 Å². The molecule has 0 aliphatic carbocycles. The van der Waals surface area contributed by atoms with Gasteiger partial charge in [-0.15, -0.1) is 0 Å². The molecule has 0 spiro atoms. The largest absolute Gasteiger partial charge is 0.505 e. The van der Waals surface area contributed by atoms with Crippen LogP contribution in [0, 0.1) is 5.92 Å². The highest BCUT2D eigenvalue weighted by Crippen LogP contribution is 2.28. The number of hydrogen-bond donors (Lipinski definition) is 2. The molecule has 1 amide bonds. The van der Waals surface area contributed by atoms with E-state index in [0.717, 1.165) is 50.1 Å². The van der Waals surface area contributed by atoms with E-state index >= 15 is 0 Å². The molecule has 3 rings (SSSR count). The second-order valence-electron chi connectivity index (χ2n) is 7.71. The number of unbranched alkanes of at least 4 members (excludes halogenated alkanes) is 1. The summed E-state index contributed by atoms with van der Waals surface area (Å²) >= 11 is 0. The van der Waals surface area contributed by atoms with E-state index in [0.29, 0.717) is 18.8 Å². The second-order valence-corrected chi connectivity index (χ2v) is 7.71. The molecule has 0 aromatic carbocycles. The highest BCUT2D eigenvalue weighted by Gasteiger charge is 2.20. The van der Waals surface area contributed by atoms with Gasteiger partial charge in [-0.1, -0.05) is 0 Å². The minimum Gasteiger partial charge on any atom is -0.492 e. The van der Waals surface area contributed by atoms with Gasteiger partial charge in [0, 0.05) is 18.7 Å². The van der Waals surface area contributed by atoms with Crippen LogP contribution in [0.3, 0.4) is 0 Å². The first-order valence-corrected chi connectivity index (χ1v) is 10.9. The van der Waals surface area contributed by atoms with Gasteiger partial charge in [-0.2, -0.15) is 5.10 Å². The van der Waals surface area contributed by atoms with Crippen molar-refractivity contribution in [1.29, 1.82) is 0 Å². The molecule has 0 saturated carbocycles. The third-order valence-corrected chi connectivity index (χ3v) is 5.41. The summed E-state index contributed by atoms with van der Waals surface area (Å²) in [5, 5.41) is 12.9. The fraction of sp³-hybridized carbons (Fsp3) is 0.545. The molecule has 0 radical (unpaired) electrons. The molecule has 1 saturated heterocycles. The van der Waals surface area contributed by atoms with Crippen molar-refractivity contribution in [3.63, 3.8) is 0 Å². The third-order valence-electron chi connectivity index (χ3n) is 5.41. The maximum atomic E-state index is 11.5. The van der Waals surface area contributed by atoms with Gasteiger partial charge < -0.3 is 25.1 Å². The van der Waals surface area contributed by atoms with Crippen LogP contribution in [0.25, 0.3) is 11.4 Å². The molecular weight excluding hydrogens is 416 g/mol. The van der Waals surface area contributed by atoms with Crippen LogP contribution in [0.4, 0.5) is 4.79 Å². The number of ether oxygens (including phenoxy) is 3. The summed E-state index contributed by atoms with van der Waals surface area (Å²) in [4.78, 5) is 26.4. The molecule has 10 nitrogen and oxygen atoms in total. The van der Waals surface area contributed by atoms with Crippen LogP contribution >= 0.6 is 0 Å². The monoisotopic (exact) mass is 446 g/mol. The van der Waals surface area contributed by atoms with Crippen LogP contribution in [-0.4, -0.2) is 51.8 Å². The van der Waals surface area contributed by atoms with E-state index < -0.39 is 18.0 Å². The van der Waals surface area contributed by atoms with Gasteiger partial charge in [0.05, 0.1) is 30.8 Å². The molecule has 3 heterocycles. The SMILES string of the molecule is NC(=O)C(CCCCOc1ccc(-c2ccnn2C2CCCCO2)nc1)CCOC(=O)O. The quantitative estimate of drug-likeness (QED) is 0.374. The van der Waals surface area contributed by atoms with Crippen LogP contribution < -0.4 is 10.5 Å². The average molecular weight is 447 g/mol. The summed E-state index contributed by atoms with van der Waals surface area (Å²) < 4.78 is 17.9. The maximum absolute atomic E-state index is 11.5. The van der Waals surface area contributed by atoms with E-state index in [1.807, 2.05) is 22.9 Å². The minimum atomic E-state index is -1.35. The fourth-order valence-corrected chi connectivity index (χ4v) is 3.68. The van der Waals surface area contributed by atoms with Gasteiger partial charge in [0.15, 0.2) is 6.23 Å². The predicted octanol–water partition coefficient (Wildman–Crippen LogP) is 3.38. The standard InChI is InChI=1S/C22H30N4O6/c23-21(27)16(10-14-32-22(28)29)5-1-3-12-30-17-7-8-18(24-15-17)19-9-11-25-26(19)20-6-2-4-13-31-20/h7-9,11,15-16,20H,1-6,10,12-14H2,(H2,23,27)(H,28,29). The van der Waals surface area contributed by atoms with Gasteiger partial charge in [-0.25, -0.2) is 9.48 Å². The van der Waals surface area contributed by atoms with Crippen LogP contribution in [0.15, 0.2) is 30.6 Å². The zero-order chi connectivity index (χ0) is 22.8. The lowest BCUT2D eigenvalue weighted by molar-refractivity contribution is -0.122. The lowest BCUT2D eigenvalue weighted by Gasteiger charge is -2.24. The predicted molar refractivity (Wildman–Crippen MR) is 115 cm³/mol. The number of nitrogens with two attached hydrogens (primary N) is 1. The summed E-state index contributed by atoms with van der Waals surface area (Å²) in [7, 11) is 0. The Bertz CT molecular complexity index is 864. The summed E-state index contributed by atoms with van der Waals surface area (Å²) in [5.74, 6) is -0.194. The van der Waals surface area contributed by atoms with Gasteiger partial charge in [-0.05, 0) is 63.1 Å². The molecule has 10 heteroatoms. The molecule has 2 atom stereocenters. The Kier molecular flexibility index (Phi) is 8.85. The number of aromatic nitrogens is 3. The van der Waals surface area contributed by atoms with Crippen molar-refractivity contribution in [2.75, 3.05) is 19.8 Å². The first-order valence-electron chi connectivity index (χ1n) is 10.9. The lowest BCUT2D eigenvalue weighted by Crippen LogP contribution is -2.25. The first kappa shape index (κ1) is 23.5. The van der Waals surface area contributed by atoms with Crippen LogP contribution in [0.5, 0.6) is 5.75 Å². The Morgan fingerprint density at radius 3 is 2.78 bits per heavy atom. The second kappa shape index (κ2) is 12.0. The minimum absolute atomic E-state index is 0.0385. The fourth-order valence-electron chi connectivity index (χ4n) is 3.68. The number of amides is 1. The molecular formula is C22H30N4O6. The van der Waals surface area contributed by atoms with E-state index in [1.54, 1.807) is 12.4 Å². The van der Waals surface area contributed by atoms with E-state index in [1.165, 1.54) is 0 Å². The maximum Gasteiger partial charge on any atom is 0.505 e. The summed E-state index contributed by atoms with van der Waals surface area (Å²) in [6.07, 6.45) is 7.50. The molecule has 1 fully saturated rings. The smallest absolute Gasteiger partial charge is 0.492 e. The first-order chi connectivity index (χ1) is 15.5. The number of nitrogens with zero attached hydrogens (tertiary/aromatic N) is 3. The zero-order valence-electron chi connectivity index (χ0n) is 18.0. The van der Waals surface area contributed by atoms with Crippen molar-refractivity contribution in [3.8, 4) is 17.1 Å². The molecule has 2 aromatic rings. The zero-order valence-corrected chi connectivity index (χ0v) is 18.0. The van der Waals surface area contributed by atoms with E-state index in [4.69, 9.17) is 20.3 Å². The number of primary amides is 1. The number of carbonyl (C=O) groups excluding carboxylic acids is 1. The Labute approximate surface area is 186 Å². The molecule has 1 aliphatic heterocycles. The summed E-state index contributed by atoms with van der Waals surface area (Å²) in [5.41, 5.74) is 7.09. The van der Waals surface area contributed by atoms with Crippen LogP contribution in [0.2, 0.25) is 0 Å². The number of carbonyl (C=O) groups is 2. The number of rotatable bonds is 12. The molecule has 3 N–H and O–H groups in total. The lowest BCUT2D eigenvalue weighted by atomic mass is 9.98. The van der Waals surface area contributed by atoms with Crippen molar-refractivity contribution >= 4 is 12.1 Å². The average Bonchev–Trinajstić information content (AvgIpc) is 3.28. The summed E-state index contributed by atoms with van der Waals surface area (Å²) in [6, 6.07) is 5.70. The molecule has 174 valence electrons. The van der Waals surface area contributed by atoms with Crippen LogP contribution in [-0.2, 0) is 14.3 Å². The van der Waals surface area contributed by atoms with Crippen LogP contribution in [0.1, 0.15) is 51.2 Å². The third kappa shape index (κ3) is 6.94. The normalized spacial score (nSPS) is 16.9. The Hall–Kier alpha value is -3.14. The number of carboxylic acid groups (broad SMARTS) is 1. The molecule has 32 heavy (non-hydrogen) atoms. The number of pyridine rings is 1. The van der Waals surface area contributed by atoms with Gasteiger partial charge >= 0.3 is 6.16 Å². The van der Waals surface area contributed by atoms with Crippen molar-refractivity contribution in [2.24, 2.45) is 11.7 Å². The Balaban J connectivity index is 1.42. The van der Waals surface area contributed by atoms with Gasteiger partial charge in [0.1, 0.15) is 5.75 Å². The van der Waals surface area contributed by atoms with Crippen molar-refractivity contribution in [2.45, 2.75) is 51.2 Å².